The van der Waals surface area contributed by atoms with Gasteiger partial charge in [-0.2, -0.15) is 4.89 Å². The van der Waals surface area contributed by atoms with E-state index in [-0.39, 0.29) is 29.8 Å². The highest BCUT2D eigenvalue weighted by Crippen LogP contribution is 2.33. The summed E-state index contributed by atoms with van der Waals surface area (Å²) in [5.74, 6) is 0.992. The van der Waals surface area contributed by atoms with Crippen LogP contribution in [0.1, 0.15) is 64.3 Å². The first-order chi connectivity index (χ1) is 24.1. The number of nitrogens with zero attached hydrogens (tertiary/aromatic N) is 4. The average Bonchev–Trinajstić information content (AvgIpc) is 3.92. The molecule has 0 bridgehead atoms. The van der Waals surface area contributed by atoms with E-state index in [2.05, 4.69) is 74.3 Å². The number of H-pyrrole nitrogens is 2. The van der Waals surface area contributed by atoms with Crippen LogP contribution < -0.4 is 10.6 Å². The third-order valence-electron chi connectivity index (χ3n) is 8.72. The summed E-state index contributed by atoms with van der Waals surface area (Å²) >= 11 is 0. The molecule has 0 saturated carbocycles. The minimum absolute atomic E-state index is 0.0416. The van der Waals surface area contributed by atoms with Gasteiger partial charge in [0.2, 0.25) is 18.2 Å². The van der Waals surface area contributed by atoms with Gasteiger partial charge in [-0.05, 0) is 54.9 Å². The Hall–Kier alpha value is -5.50. The lowest BCUT2D eigenvalue weighted by atomic mass is 10.0. The maximum Gasteiger partial charge on any atom is 0.407 e. The van der Waals surface area contributed by atoms with E-state index < -0.39 is 18.2 Å². The van der Waals surface area contributed by atoms with Crippen LogP contribution in [0.25, 0.3) is 33.6 Å². The lowest BCUT2D eigenvalue weighted by Gasteiger charge is -2.24. The molecule has 3 heterocycles. The Balaban J connectivity index is 1.23. The molecule has 4 atom stereocenters. The van der Waals surface area contributed by atoms with Crippen LogP contribution in [-0.2, 0) is 24.1 Å². The Kier molecular flexibility index (Phi) is 11.6. The number of imidazole rings is 2. The molecular weight excluding hydrogens is 640 g/mol. The SMILES string of the molecule is COO/C=N/[C@@H](C)C(=O)N1CCC[C@H]1c1ncc(-c2ccc(-c3ccc(-c4cnc([C@H](NC(=O)[C@H](C)NC(=O)OC)C(C)C)[nH]4)cc3)cc2)[nH]1. The van der Waals surface area contributed by atoms with Crippen LogP contribution in [0.5, 0.6) is 0 Å². The summed E-state index contributed by atoms with van der Waals surface area (Å²) < 4.78 is 4.59. The number of aromatic amines is 2. The zero-order valence-corrected chi connectivity index (χ0v) is 29.1. The van der Waals surface area contributed by atoms with Crippen molar-refractivity contribution in [3.8, 4) is 33.6 Å². The molecule has 264 valence electrons. The standard InChI is InChI=1S/C36H44N8O6/c1-21(2)31(43-34(45)22(3)40-36(47)48-5)33-38-19-29(42-33)27-15-11-25(12-16-27)24-9-13-26(14-10-24)28-18-37-32(41-28)30-8-7-17-44(30)35(46)23(4)39-20-50-49-6/h9-16,18-23,30-31H,7-8,17H2,1-6H3,(H,37,41)(H,38,42)(H,40,47)(H,43,45)/b39-20+/t22-,23-,30-,31+/m0/s1. The topological polar surface area (TPSA) is 176 Å². The zero-order valence-electron chi connectivity index (χ0n) is 29.1. The third kappa shape index (κ3) is 8.37. The van der Waals surface area contributed by atoms with Gasteiger partial charge >= 0.3 is 6.09 Å². The Bertz CT molecular complexity index is 1780. The smallest absolute Gasteiger partial charge is 0.407 e. The van der Waals surface area contributed by atoms with E-state index in [0.717, 1.165) is 58.7 Å². The van der Waals surface area contributed by atoms with Gasteiger partial charge in [-0.15, -0.1) is 0 Å². The molecule has 50 heavy (non-hydrogen) atoms. The first-order valence-corrected chi connectivity index (χ1v) is 16.6. The molecule has 5 rings (SSSR count). The molecule has 4 aromatic rings. The average molecular weight is 685 g/mol. The summed E-state index contributed by atoms with van der Waals surface area (Å²) in [6.45, 7) is 7.95. The highest BCUT2D eigenvalue weighted by atomic mass is 17.2. The highest BCUT2D eigenvalue weighted by Gasteiger charge is 2.34. The fourth-order valence-corrected chi connectivity index (χ4v) is 5.89. The van der Waals surface area contributed by atoms with Gasteiger partial charge in [0.15, 0.2) is 0 Å². The maximum absolute atomic E-state index is 13.1. The number of aliphatic imine (C=N–C) groups is 1. The Morgan fingerprint density at radius 2 is 1.48 bits per heavy atom. The quantitative estimate of drug-likeness (QED) is 0.0631. The van der Waals surface area contributed by atoms with Gasteiger partial charge in [0.25, 0.3) is 0 Å². The van der Waals surface area contributed by atoms with Crippen molar-refractivity contribution in [1.82, 2.24) is 35.5 Å². The second kappa shape index (κ2) is 16.3. The van der Waals surface area contributed by atoms with Gasteiger partial charge in [0.05, 0.1) is 50.1 Å². The summed E-state index contributed by atoms with van der Waals surface area (Å²) in [5, 5.41) is 5.45. The number of likely N-dealkylation sites (tertiary alicyclic amines) is 1. The number of alkyl carbamates (subject to hydrolysis) is 1. The number of methoxy groups -OCH3 is 1. The van der Waals surface area contributed by atoms with E-state index in [4.69, 9.17) is 0 Å². The van der Waals surface area contributed by atoms with Crippen molar-refractivity contribution in [2.24, 2.45) is 10.9 Å². The second-order valence-corrected chi connectivity index (χ2v) is 12.5. The molecular formula is C36H44N8O6. The molecule has 14 heteroatoms. The van der Waals surface area contributed by atoms with E-state index in [1.807, 2.05) is 49.2 Å². The summed E-state index contributed by atoms with van der Waals surface area (Å²) in [5.41, 5.74) is 5.75. The number of rotatable bonds is 13. The Morgan fingerprint density at radius 1 is 0.880 bits per heavy atom. The molecule has 1 aliphatic rings. The first-order valence-electron chi connectivity index (χ1n) is 16.6. The van der Waals surface area contributed by atoms with E-state index in [1.54, 1.807) is 20.0 Å². The number of benzene rings is 2. The molecule has 0 unspecified atom stereocenters. The van der Waals surface area contributed by atoms with Crippen molar-refractivity contribution in [2.45, 2.75) is 64.7 Å². The number of ether oxygens (including phenoxy) is 1. The second-order valence-electron chi connectivity index (χ2n) is 12.5. The molecule has 3 amide bonds. The van der Waals surface area contributed by atoms with E-state index in [1.165, 1.54) is 14.2 Å². The molecule has 0 spiro atoms. The number of hydrogen-bond donors (Lipinski definition) is 4. The molecule has 1 saturated heterocycles. The largest absolute Gasteiger partial charge is 0.453 e. The first kappa shape index (κ1) is 35.8. The minimum Gasteiger partial charge on any atom is -0.453 e. The molecule has 1 fully saturated rings. The van der Waals surface area contributed by atoms with Gasteiger partial charge in [0, 0.05) is 6.54 Å². The van der Waals surface area contributed by atoms with Gasteiger partial charge in [0.1, 0.15) is 23.7 Å². The lowest BCUT2D eigenvalue weighted by molar-refractivity contribution is -0.188. The molecule has 14 nitrogen and oxygen atoms in total. The van der Waals surface area contributed by atoms with Crippen molar-refractivity contribution in [3.63, 3.8) is 0 Å². The predicted octanol–water partition coefficient (Wildman–Crippen LogP) is 5.35. The van der Waals surface area contributed by atoms with Crippen LogP contribution >= 0.6 is 0 Å². The normalized spacial score (nSPS) is 16.3. The van der Waals surface area contributed by atoms with Crippen molar-refractivity contribution in [3.05, 3.63) is 72.6 Å². The van der Waals surface area contributed by atoms with Crippen LogP contribution in [0.4, 0.5) is 4.79 Å². The minimum atomic E-state index is -0.769. The maximum atomic E-state index is 13.1. The van der Waals surface area contributed by atoms with Crippen molar-refractivity contribution < 1.29 is 28.9 Å². The summed E-state index contributed by atoms with van der Waals surface area (Å²) in [4.78, 5) is 68.4. The van der Waals surface area contributed by atoms with E-state index >= 15 is 0 Å². The van der Waals surface area contributed by atoms with Crippen molar-refractivity contribution in [2.75, 3.05) is 20.8 Å². The van der Waals surface area contributed by atoms with Crippen LogP contribution in [0.3, 0.4) is 0 Å². The lowest BCUT2D eigenvalue weighted by Crippen LogP contribution is -2.46. The van der Waals surface area contributed by atoms with Crippen LogP contribution in [0, 0.1) is 5.92 Å². The highest BCUT2D eigenvalue weighted by molar-refractivity contribution is 5.85. The molecule has 1 aliphatic heterocycles. The summed E-state index contributed by atoms with van der Waals surface area (Å²) in [6.07, 6.45) is 5.74. The third-order valence-corrected chi connectivity index (χ3v) is 8.72. The summed E-state index contributed by atoms with van der Waals surface area (Å²) in [7, 11) is 2.63. The van der Waals surface area contributed by atoms with E-state index in [0.29, 0.717) is 12.4 Å². The van der Waals surface area contributed by atoms with Gasteiger partial charge in [-0.1, -0.05) is 62.4 Å². The fraction of sp³-hybridized carbons (Fsp3) is 0.389. The Labute approximate surface area is 291 Å². The zero-order chi connectivity index (χ0) is 35.8. The number of aromatic nitrogens is 4. The number of carbonyl (C=O) groups excluding carboxylic acids is 3. The molecule has 0 radical (unpaired) electrons. The summed E-state index contributed by atoms with van der Waals surface area (Å²) in [6, 6.07) is 14.5. The van der Waals surface area contributed by atoms with Gasteiger partial charge in [-0.3, -0.25) is 9.59 Å². The van der Waals surface area contributed by atoms with Gasteiger partial charge < -0.3 is 35.1 Å². The number of hydrogen-bond acceptors (Lipinski definition) is 9. The van der Waals surface area contributed by atoms with Crippen LogP contribution in [0.2, 0.25) is 0 Å². The fourth-order valence-electron chi connectivity index (χ4n) is 5.89. The number of carbonyl (C=O) groups is 3. The van der Waals surface area contributed by atoms with Crippen LogP contribution in [0.15, 0.2) is 65.9 Å². The predicted molar refractivity (Wildman–Crippen MR) is 188 cm³/mol. The van der Waals surface area contributed by atoms with Crippen molar-refractivity contribution in [1.29, 1.82) is 0 Å². The molecule has 0 aliphatic carbocycles. The molecule has 4 N–H and O–H groups in total. The monoisotopic (exact) mass is 684 g/mol. The number of amides is 3. The molecule has 2 aromatic heterocycles. The van der Waals surface area contributed by atoms with E-state index in [9.17, 15) is 14.4 Å². The van der Waals surface area contributed by atoms with Crippen molar-refractivity contribution >= 4 is 24.3 Å². The molecule has 2 aromatic carbocycles. The Morgan fingerprint density at radius 3 is 2.08 bits per heavy atom. The van der Waals surface area contributed by atoms with Gasteiger partial charge in [-0.25, -0.2) is 19.8 Å². The van der Waals surface area contributed by atoms with Crippen LogP contribution in [-0.4, -0.2) is 82.0 Å². The number of nitrogens with one attached hydrogen (secondary N) is 4.